The van der Waals surface area contributed by atoms with E-state index < -0.39 is 20.0 Å². The van der Waals surface area contributed by atoms with Crippen LogP contribution in [0.1, 0.15) is 5.56 Å². The molecule has 2 aromatic carbocycles. The summed E-state index contributed by atoms with van der Waals surface area (Å²) in [5, 5.41) is 0. The molecule has 0 atom stereocenters. The molecule has 112 valence electrons. The second-order valence-corrected chi connectivity index (χ2v) is 7.62. The lowest BCUT2D eigenvalue weighted by atomic mass is 10.2. The van der Waals surface area contributed by atoms with Crippen LogP contribution in [-0.4, -0.2) is 16.8 Å². The standard InChI is InChI=1S/C13H14N2O4S2/c1-11-7-5-6-10-13(11)21(18,19)15-14-20(16,17)12-8-3-2-4-9-12/h2-10,14-15H,1H3. The zero-order valence-corrected chi connectivity index (χ0v) is 12.8. The van der Waals surface area contributed by atoms with Gasteiger partial charge in [-0.05, 0) is 30.7 Å². The molecule has 21 heavy (non-hydrogen) atoms. The van der Waals surface area contributed by atoms with Gasteiger partial charge in [0.1, 0.15) is 0 Å². The summed E-state index contributed by atoms with van der Waals surface area (Å²) in [6.45, 7) is 1.63. The van der Waals surface area contributed by atoms with Gasteiger partial charge in [0.15, 0.2) is 0 Å². The molecule has 0 bridgehead atoms. The molecule has 2 aromatic rings. The van der Waals surface area contributed by atoms with E-state index in [1.54, 1.807) is 43.3 Å². The average Bonchev–Trinajstić information content (AvgIpc) is 2.47. The summed E-state index contributed by atoms with van der Waals surface area (Å²) >= 11 is 0. The fraction of sp³-hybridized carbons (Fsp3) is 0.0769. The van der Waals surface area contributed by atoms with Crippen LogP contribution < -0.4 is 9.66 Å². The van der Waals surface area contributed by atoms with E-state index in [1.807, 2.05) is 9.66 Å². The van der Waals surface area contributed by atoms with Gasteiger partial charge in [0.05, 0.1) is 9.79 Å². The number of aryl methyl sites for hydroxylation is 1. The van der Waals surface area contributed by atoms with Crippen molar-refractivity contribution in [3.05, 3.63) is 60.2 Å². The van der Waals surface area contributed by atoms with Gasteiger partial charge >= 0.3 is 0 Å². The Balaban J connectivity index is 2.22. The second-order valence-electron chi connectivity index (χ2n) is 4.29. The van der Waals surface area contributed by atoms with E-state index >= 15 is 0 Å². The highest BCUT2D eigenvalue weighted by molar-refractivity contribution is 7.92. The van der Waals surface area contributed by atoms with Crippen molar-refractivity contribution in [3.8, 4) is 0 Å². The van der Waals surface area contributed by atoms with E-state index in [4.69, 9.17) is 0 Å². The number of benzene rings is 2. The average molecular weight is 326 g/mol. The summed E-state index contributed by atoms with van der Waals surface area (Å²) in [6, 6.07) is 13.8. The zero-order chi connectivity index (χ0) is 15.5. The van der Waals surface area contributed by atoms with Gasteiger partial charge < -0.3 is 0 Å². The van der Waals surface area contributed by atoms with Crippen LogP contribution in [0.2, 0.25) is 0 Å². The number of nitrogens with one attached hydrogen (secondary N) is 2. The molecule has 0 unspecified atom stereocenters. The first kappa shape index (κ1) is 15.6. The number of sulfonamides is 2. The lowest BCUT2D eigenvalue weighted by Crippen LogP contribution is -2.41. The van der Waals surface area contributed by atoms with Crippen molar-refractivity contribution in [1.29, 1.82) is 0 Å². The summed E-state index contributed by atoms with van der Waals surface area (Å²) in [5.74, 6) is 0. The van der Waals surface area contributed by atoms with Crippen LogP contribution >= 0.6 is 0 Å². The van der Waals surface area contributed by atoms with E-state index in [2.05, 4.69) is 0 Å². The molecular weight excluding hydrogens is 312 g/mol. The SMILES string of the molecule is Cc1ccccc1S(=O)(=O)NNS(=O)(=O)c1ccccc1. The summed E-state index contributed by atoms with van der Waals surface area (Å²) in [7, 11) is -7.93. The van der Waals surface area contributed by atoms with Gasteiger partial charge in [0.2, 0.25) is 0 Å². The second kappa shape index (κ2) is 5.94. The molecule has 0 aliphatic rings. The van der Waals surface area contributed by atoms with Gasteiger partial charge in [-0.3, -0.25) is 0 Å². The molecule has 0 aromatic heterocycles. The van der Waals surface area contributed by atoms with Crippen molar-refractivity contribution < 1.29 is 16.8 Å². The predicted octanol–water partition coefficient (Wildman–Crippen LogP) is 1.17. The quantitative estimate of drug-likeness (QED) is 0.807. The van der Waals surface area contributed by atoms with Crippen molar-refractivity contribution in [3.63, 3.8) is 0 Å². The molecule has 0 aliphatic heterocycles. The minimum atomic E-state index is -3.97. The molecule has 0 spiro atoms. The van der Waals surface area contributed by atoms with Crippen LogP contribution in [0.3, 0.4) is 0 Å². The minimum Gasteiger partial charge on any atom is -0.206 e. The number of hydrogen-bond acceptors (Lipinski definition) is 4. The summed E-state index contributed by atoms with van der Waals surface area (Å²) in [4.78, 5) is 3.75. The Labute approximate surface area is 123 Å². The first-order chi connectivity index (χ1) is 9.83. The Kier molecular flexibility index (Phi) is 4.43. The lowest BCUT2D eigenvalue weighted by molar-refractivity contribution is 0.557. The number of rotatable bonds is 5. The van der Waals surface area contributed by atoms with E-state index in [-0.39, 0.29) is 9.79 Å². The third-order valence-corrected chi connectivity index (χ3v) is 5.55. The maximum atomic E-state index is 12.1. The molecule has 2 rings (SSSR count). The molecule has 0 fully saturated rings. The highest BCUT2D eigenvalue weighted by atomic mass is 32.2. The molecular formula is C13H14N2O4S2. The van der Waals surface area contributed by atoms with Crippen LogP contribution in [0.4, 0.5) is 0 Å². The Bertz CT molecular complexity index is 831. The van der Waals surface area contributed by atoms with E-state index in [0.29, 0.717) is 5.56 Å². The smallest absolute Gasteiger partial charge is 0.206 e. The van der Waals surface area contributed by atoms with E-state index in [9.17, 15) is 16.8 Å². The largest absolute Gasteiger partial charge is 0.254 e. The Morgan fingerprint density at radius 3 is 1.86 bits per heavy atom. The molecule has 8 heteroatoms. The first-order valence-electron chi connectivity index (χ1n) is 5.97. The van der Waals surface area contributed by atoms with Crippen LogP contribution in [0.15, 0.2) is 64.4 Å². The van der Waals surface area contributed by atoms with Gasteiger partial charge in [0.25, 0.3) is 20.0 Å². The molecule has 0 aliphatic carbocycles. The van der Waals surface area contributed by atoms with Crippen molar-refractivity contribution in [1.82, 2.24) is 9.66 Å². The maximum Gasteiger partial charge on any atom is 0.254 e. The fourth-order valence-electron chi connectivity index (χ4n) is 1.68. The fourth-order valence-corrected chi connectivity index (χ4v) is 4.05. The molecule has 0 heterocycles. The third kappa shape index (κ3) is 3.67. The van der Waals surface area contributed by atoms with Gasteiger partial charge in [-0.1, -0.05) is 36.4 Å². The minimum absolute atomic E-state index is 0.0146. The van der Waals surface area contributed by atoms with Crippen molar-refractivity contribution >= 4 is 20.0 Å². The highest BCUT2D eigenvalue weighted by Gasteiger charge is 2.20. The summed E-state index contributed by atoms with van der Waals surface area (Å²) < 4.78 is 48.1. The van der Waals surface area contributed by atoms with Gasteiger partial charge in [-0.15, -0.1) is 9.66 Å². The topological polar surface area (TPSA) is 92.3 Å². The van der Waals surface area contributed by atoms with Gasteiger partial charge in [-0.2, -0.15) is 0 Å². The van der Waals surface area contributed by atoms with Gasteiger partial charge in [-0.25, -0.2) is 16.8 Å². The summed E-state index contributed by atoms with van der Waals surface area (Å²) in [5.41, 5.74) is 0.518. The normalized spacial score (nSPS) is 12.2. The zero-order valence-electron chi connectivity index (χ0n) is 11.1. The van der Waals surface area contributed by atoms with Crippen molar-refractivity contribution in [2.75, 3.05) is 0 Å². The van der Waals surface area contributed by atoms with Crippen LogP contribution in [-0.2, 0) is 20.0 Å². The predicted molar refractivity (Wildman–Crippen MR) is 78.3 cm³/mol. The van der Waals surface area contributed by atoms with E-state index in [0.717, 1.165) is 0 Å². The maximum absolute atomic E-state index is 12.1. The van der Waals surface area contributed by atoms with Crippen molar-refractivity contribution in [2.45, 2.75) is 16.7 Å². The molecule has 0 amide bonds. The van der Waals surface area contributed by atoms with E-state index in [1.165, 1.54) is 18.2 Å². The number of hydrogen-bond donors (Lipinski definition) is 2. The molecule has 0 saturated heterocycles. The van der Waals surface area contributed by atoms with Gasteiger partial charge in [0, 0.05) is 0 Å². The van der Waals surface area contributed by atoms with Crippen molar-refractivity contribution in [2.24, 2.45) is 0 Å². The molecule has 0 saturated carbocycles. The first-order valence-corrected chi connectivity index (χ1v) is 8.94. The highest BCUT2D eigenvalue weighted by Crippen LogP contribution is 2.13. The molecule has 6 nitrogen and oxygen atoms in total. The summed E-state index contributed by atoms with van der Waals surface area (Å²) in [6.07, 6.45) is 0. The van der Waals surface area contributed by atoms with Crippen LogP contribution in [0.5, 0.6) is 0 Å². The van der Waals surface area contributed by atoms with Crippen LogP contribution in [0.25, 0.3) is 0 Å². The Morgan fingerprint density at radius 2 is 1.24 bits per heavy atom. The number of hydrazine groups is 1. The molecule has 0 radical (unpaired) electrons. The Hall–Kier alpha value is -1.74. The molecule has 2 N–H and O–H groups in total. The Morgan fingerprint density at radius 1 is 0.714 bits per heavy atom. The lowest BCUT2D eigenvalue weighted by Gasteiger charge is -2.10. The third-order valence-electron chi connectivity index (χ3n) is 2.75. The van der Waals surface area contributed by atoms with Crippen LogP contribution in [0, 0.1) is 6.92 Å². The monoisotopic (exact) mass is 326 g/mol.